The molecule has 0 bridgehead atoms. The summed E-state index contributed by atoms with van der Waals surface area (Å²) >= 11 is 0. The molecular formula is C12H20O2. The Hall–Kier alpha value is -0.760. The van der Waals surface area contributed by atoms with Crippen LogP contribution in [0.2, 0.25) is 0 Å². The topological polar surface area (TPSA) is 33.4 Å². The van der Waals surface area contributed by atoms with Gasteiger partial charge in [0.25, 0.3) is 0 Å². The van der Waals surface area contributed by atoms with Crippen LogP contribution in [0.15, 0.2) is 16.5 Å². The lowest BCUT2D eigenvalue weighted by molar-refractivity contribution is 0.283. The predicted octanol–water partition coefficient (Wildman–Crippen LogP) is 2.79. The molecule has 0 spiro atoms. The number of furan rings is 1. The number of unbranched alkanes of at least 4 members (excludes halogenated alkanes) is 1. The van der Waals surface area contributed by atoms with Gasteiger partial charge in [-0.2, -0.15) is 0 Å². The van der Waals surface area contributed by atoms with Gasteiger partial charge in [0.05, 0.1) is 0 Å². The number of hydrogen-bond donors (Lipinski definition) is 1. The molecule has 14 heavy (non-hydrogen) atoms. The van der Waals surface area contributed by atoms with E-state index in [4.69, 9.17) is 9.52 Å². The second kappa shape index (κ2) is 5.86. The Labute approximate surface area is 85.9 Å². The van der Waals surface area contributed by atoms with E-state index in [1.165, 1.54) is 0 Å². The zero-order valence-corrected chi connectivity index (χ0v) is 9.12. The molecule has 1 aromatic rings. The zero-order valence-electron chi connectivity index (χ0n) is 9.12. The van der Waals surface area contributed by atoms with Crippen molar-refractivity contribution in [2.75, 3.05) is 6.61 Å². The maximum Gasteiger partial charge on any atom is 0.104 e. The zero-order chi connectivity index (χ0) is 10.4. The minimum Gasteiger partial charge on any atom is -0.466 e. The minimum absolute atomic E-state index is 0.277. The summed E-state index contributed by atoms with van der Waals surface area (Å²) in [5.74, 6) is 2.78. The summed E-state index contributed by atoms with van der Waals surface area (Å²) in [7, 11) is 0. The highest BCUT2D eigenvalue weighted by Gasteiger charge is 2.03. The highest BCUT2D eigenvalue weighted by molar-refractivity contribution is 5.07. The second-order valence-corrected chi connectivity index (χ2v) is 4.15. The summed E-state index contributed by atoms with van der Waals surface area (Å²) in [6.45, 7) is 4.65. The number of hydrogen-bond acceptors (Lipinski definition) is 2. The third-order valence-corrected chi connectivity index (χ3v) is 2.16. The summed E-state index contributed by atoms with van der Waals surface area (Å²) in [6, 6.07) is 4.11. The molecular weight excluding hydrogens is 176 g/mol. The van der Waals surface area contributed by atoms with Gasteiger partial charge in [0, 0.05) is 19.4 Å². The van der Waals surface area contributed by atoms with Crippen molar-refractivity contribution in [3.8, 4) is 0 Å². The fourth-order valence-electron chi connectivity index (χ4n) is 1.48. The Morgan fingerprint density at radius 1 is 1.21 bits per heavy atom. The average Bonchev–Trinajstić information content (AvgIpc) is 2.52. The second-order valence-electron chi connectivity index (χ2n) is 4.15. The smallest absolute Gasteiger partial charge is 0.104 e. The van der Waals surface area contributed by atoms with Crippen molar-refractivity contribution in [1.82, 2.24) is 0 Å². The van der Waals surface area contributed by atoms with E-state index in [2.05, 4.69) is 26.0 Å². The Kier molecular flexibility index (Phi) is 4.74. The Morgan fingerprint density at radius 2 is 1.93 bits per heavy atom. The number of aliphatic hydroxyl groups is 1. The van der Waals surface area contributed by atoms with Crippen LogP contribution in [0.4, 0.5) is 0 Å². The van der Waals surface area contributed by atoms with E-state index in [0.29, 0.717) is 5.92 Å². The SMILES string of the molecule is CC(C)Cc1ccc(CCCCO)o1. The Balaban J connectivity index is 2.35. The molecule has 1 N–H and O–H groups in total. The lowest BCUT2D eigenvalue weighted by Gasteiger charge is -2.00. The molecule has 1 rings (SSSR count). The predicted molar refractivity (Wildman–Crippen MR) is 57.3 cm³/mol. The van der Waals surface area contributed by atoms with E-state index in [0.717, 1.165) is 37.2 Å². The highest BCUT2D eigenvalue weighted by Crippen LogP contribution is 2.14. The molecule has 0 amide bonds. The molecule has 0 aliphatic heterocycles. The maximum atomic E-state index is 8.64. The van der Waals surface area contributed by atoms with Gasteiger partial charge in [-0.15, -0.1) is 0 Å². The molecule has 80 valence electrons. The van der Waals surface area contributed by atoms with Gasteiger partial charge >= 0.3 is 0 Å². The molecule has 1 heterocycles. The van der Waals surface area contributed by atoms with Gasteiger partial charge in [-0.05, 0) is 30.9 Å². The first-order valence-corrected chi connectivity index (χ1v) is 5.41. The van der Waals surface area contributed by atoms with E-state index in [9.17, 15) is 0 Å². The standard InChI is InChI=1S/C12H20O2/c1-10(2)9-12-7-6-11(14-12)5-3-4-8-13/h6-7,10,13H,3-5,8-9H2,1-2H3. The van der Waals surface area contributed by atoms with Gasteiger partial charge in [-0.1, -0.05) is 13.8 Å². The van der Waals surface area contributed by atoms with E-state index < -0.39 is 0 Å². The van der Waals surface area contributed by atoms with Crippen molar-refractivity contribution < 1.29 is 9.52 Å². The fourth-order valence-corrected chi connectivity index (χ4v) is 1.48. The van der Waals surface area contributed by atoms with Crippen molar-refractivity contribution in [3.05, 3.63) is 23.7 Å². The molecule has 0 aliphatic carbocycles. The number of aryl methyl sites for hydroxylation is 1. The van der Waals surface area contributed by atoms with E-state index in [1.807, 2.05) is 0 Å². The summed E-state index contributed by atoms with van der Waals surface area (Å²) in [5.41, 5.74) is 0. The van der Waals surface area contributed by atoms with Crippen LogP contribution in [-0.4, -0.2) is 11.7 Å². The van der Waals surface area contributed by atoms with Gasteiger partial charge in [0.1, 0.15) is 11.5 Å². The minimum atomic E-state index is 0.277. The molecule has 0 aromatic carbocycles. The van der Waals surface area contributed by atoms with Gasteiger partial charge in [-0.25, -0.2) is 0 Å². The molecule has 0 saturated heterocycles. The van der Waals surface area contributed by atoms with Crippen molar-refractivity contribution in [1.29, 1.82) is 0 Å². The van der Waals surface area contributed by atoms with Crippen LogP contribution in [-0.2, 0) is 12.8 Å². The molecule has 0 saturated carbocycles. The summed E-state index contributed by atoms with van der Waals surface area (Å²) in [5, 5.41) is 8.64. The third-order valence-electron chi connectivity index (χ3n) is 2.16. The van der Waals surface area contributed by atoms with Crippen LogP contribution in [0.5, 0.6) is 0 Å². The normalized spacial score (nSPS) is 11.1. The lowest BCUT2D eigenvalue weighted by atomic mass is 10.1. The van der Waals surface area contributed by atoms with Crippen LogP contribution in [0.1, 0.15) is 38.2 Å². The van der Waals surface area contributed by atoms with E-state index in [-0.39, 0.29) is 6.61 Å². The molecule has 0 radical (unpaired) electrons. The van der Waals surface area contributed by atoms with Gasteiger partial charge < -0.3 is 9.52 Å². The van der Waals surface area contributed by atoms with Gasteiger partial charge in [-0.3, -0.25) is 0 Å². The first-order valence-electron chi connectivity index (χ1n) is 5.41. The Morgan fingerprint density at radius 3 is 2.57 bits per heavy atom. The average molecular weight is 196 g/mol. The molecule has 1 aromatic heterocycles. The van der Waals surface area contributed by atoms with Crippen molar-refractivity contribution in [3.63, 3.8) is 0 Å². The summed E-state index contributed by atoms with van der Waals surface area (Å²) < 4.78 is 5.66. The molecule has 0 atom stereocenters. The quantitative estimate of drug-likeness (QED) is 0.710. The van der Waals surface area contributed by atoms with Gasteiger partial charge in [0.15, 0.2) is 0 Å². The number of rotatable bonds is 6. The maximum absolute atomic E-state index is 8.64. The first-order chi connectivity index (χ1) is 6.72. The third kappa shape index (κ3) is 3.97. The van der Waals surface area contributed by atoms with Crippen LogP contribution in [0, 0.1) is 5.92 Å². The van der Waals surface area contributed by atoms with Crippen molar-refractivity contribution >= 4 is 0 Å². The molecule has 0 fully saturated rings. The van der Waals surface area contributed by atoms with Gasteiger partial charge in [0.2, 0.25) is 0 Å². The summed E-state index contributed by atoms with van der Waals surface area (Å²) in [6.07, 6.45) is 3.82. The lowest BCUT2D eigenvalue weighted by Crippen LogP contribution is -1.91. The van der Waals surface area contributed by atoms with E-state index >= 15 is 0 Å². The first kappa shape index (κ1) is 11.3. The molecule has 2 heteroatoms. The Bertz CT molecular complexity index is 251. The van der Waals surface area contributed by atoms with Crippen molar-refractivity contribution in [2.24, 2.45) is 5.92 Å². The fraction of sp³-hybridized carbons (Fsp3) is 0.667. The van der Waals surface area contributed by atoms with Crippen LogP contribution in [0.3, 0.4) is 0 Å². The molecule has 0 unspecified atom stereocenters. The number of aliphatic hydroxyl groups excluding tert-OH is 1. The monoisotopic (exact) mass is 196 g/mol. The summed E-state index contributed by atoms with van der Waals surface area (Å²) in [4.78, 5) is 0. The van der Waals surface area contributed by atoms with Crippen LogP contribution in [0.25, 0.3) is 0 Å². The highest BCUT2D eigenvalue weighted by atomic mass is 16.3. The van der Waals surface area contributed by atoms with Crippen LogP contribution < -0.4 is 0 Å². The van der Waals surface area contributed by atoms with Crippen LogP contribution >= 0.6 is 0 Å². The largest absolute Gasteiger partial charge is 0.466 e. The molecule has 2 nitrogen and oxygen atoms in total. The van der Waals surface area contributed by atoms with Crippen molar-refractivity contribution in [2.45, 2.75) is 39.5 Å². The van der Waals surface area contributed by atoms with E-state index in [1.54, 1.807) is 0 Å². The molecule has 0 aliphatic rings.